The molecule has 0 fully saturated rings. The summed E-state index contributed by atoms with van der Waals surface area (Å²) in [5.41, 5.74) is 3.84. The average Bonchev–Trinajstić information content (AvgIpc) is 3.33. The van der Waals surface area contributed by atoms with E-state index in [4.69, 9.17) is 9.47 Å². The summed E-state index contributed by atoms with van der Waals surface area (Å²) in [6.45, 7) is 7.70. The zero-order valence-electron chi connectivity index (χ0n) is 21.1. The van der Waals surface area contributed by atoms with Gasteiger partial charge >= 0.3 is 5.97 Å². The van der Waals surface area contributed by atoms with Crippen LogP contribution >= 0.6 is 0 Å². The standard InChI is InChI=1S/C29H28N2O6/c1-5-13-31-27(33)23-11-8-21(16-25(23)28(31)34)29(35)37-17-26(32)24-15-18(2)30(19(24)3)14-12-20-6-9-22(36-4)10-7-20/h5-11,15-16H,1,12-14,17H2,2-4H3. The number of rotatable bonds is 10. The number of amides is 2. The molecular weight excluding hydrogens is 472 g/mol. The smallest absolute Gasteiger partial charge is 0.338 e. The van der Waals surface area contributed by atoms with Crippen LogP contribution in [0.3, 0.4) is 0 Å². The molecule has 1 aromatic heterocycles. The van der Waals surface area contributed by atoms with Crippen LogP contribution in [0, 0.1) is 13.8 Å². The molecule has 0 saturated carbocycles. The average molecular weight is 501 g/mol. The molecule has 0 radical (unpaired) electrons. The van der Waals surface area contributed by atoms with Gasteiger partial charge in [-0.2, -0.15) is 0 Å². The number of hydrogen-bond acceptors (Lipinski definition) is 6. The fourth-order valence-corrected chi connectivity index (χ4v) is 4.47. The summed E-state index contributed by atoms with van der Waals surface area (Å²) in [7, 11) is 1.63. The second-order valence-corrected chi connectivity index (χ2v) is 8.80. The number of aromatic nitrogens is 1. The van der Waals surface area contributed by atoms with Crippen LogP contribution in [0.2, 0.25) is 0 Å². The first-order valence-electron chi connectivity index (χ1n) is 11.9. The van der Waals surface area contributed by atoms with Gasteiger partial charge in [-0.1, -0.05) is 18.2 Å². The highest BCUT2D eigenvalue weighted by atomic mass is 16.5. The number of esters is 1. The maximum Gasteiger partial charge on any atom is 0.338 e. The normalized spacial score (nSPS) is 12.5. The number of hydrogen-bond donors (Lipinski definition) is 0. The molecule has 2 aromatic carbocycles. The number of nitrogens with zero attached hydrogens (tertiary/aromatic N) is 2. The summed E-state index contributed by atoms with van der Waals surface area (Å²) in [4.78, 5) is 51.4. The molecule has 4 rings (SSSR count). The Labute approximate surface area is 215 Å². The fraction of sp³-hybridized carbons (Fsp3) is 0.241. The van der Waals surface area contributed by atoms with E-state index >= 15 is 0 Å². The molecule has 2 amide bonds. The summed E-state index contributed by atoms with van der Waals surface area (Å²) in [6.07, 6.45) is 2.24. The van der Waals surface area contributed by atoms with Crippen molar-refractivity contribution in [2.75, 3.05) is 20.3 Å². The first kappa shape index (κ1) is 25.6. The Kier molecular flexibility index (Phi) is 7.38. The summed E-state index contributed by atoms with van der Waals surface area (Å²) < 4.78 is 12.5. The van der Waals surface area contributed by atoms with Gasteiger partial charge in [0.25, 0.3) is 11.8 Å². The highest BCUT2D eigenvalue weighted by Gasteiger charge is 2.35. The third-order valence-electron chi connectivity index (χ3n) is 6.51. The molecule has 190 valence electrons. The summed E-state index contributed by atoms with van der Waals surface area (Å²) in [5, 5.41) is 0. The van der Waals surface area contributed by atoms with Gasteiger partial charge in [-0.25, -0.2) is 4.79 Å². The lowest BCUT2D eigenvalue weighted by molar-refractivity contribution is 0.0474. The van der Waals surface area contributed by atoms with E-state index in [1.165, 1.54) is 24.3 Å². The number of benzene rings is 2. The second kappa shape index (κ2) is 10.7. The van der Waals surface area contributed by atoms with Crippen molar-refractivity contribution >= 4 is 23.6 Å². The Balaban J connectivity index is 1.40. The van der Waals surface area contributed by atoms with E-state index < -0.39 is 24.4 Å². The molecule has 0 N–H and O–H groups in total. The van der Waals surface area contributed by atoms with Crippen molar-refractivity contribution in [3.63, 3.8) is 0 Å². The Bertz CT molecular complexity index is 1400. The largest absolute Gasteiger partial charge is 0.497 e. The SMILES string of the molecule is C=CCN1C(=O)c2ccc(C(=O)OCC(=O)c3cc(C)n(CCc4ccc(OC)cc4)c3C)cc2C1=O. The van der Waals surface area contributed by atoms with E-state index in [1.54, 1.807) is 13.2 Å². The number of fused-ring (bicyclic) bond motifs is 1. The molecule has 0 bridgehead atoms. The second-order valence-electron chi connectivity index (χ2n) is 8.80. The van der Waals surface area contributed by atoms with Crippen LogP contribution in [0.1, 0.15) is 58.4 Å². The summed E-state index contributed by atoms with van der Waals surface area (Å²) in [6, 6.07) is 13.8. The minimum absolute atomic E-state index is 0.0825. The van der Waals surface area contributed by atoms with Crippen LogP contribution in [0.5, 0.6) is 5.75 Å². The molecule has 1 aliphatic rings. The fourth-order valence-electron chi connectivity index (χ4n) is 4.47. The van der Waals surface area contributed by atoms with Gasteiger partial charge in [0.05, 0.1) is 23.8 Å². The minimum Gasteiger partial charge on any atom is -0.497 e. The van der Waals surface area contributed by atoms with Gasteiger partial charge in [-0.05, 0) is 62.2 Å². The molecule has 2 heterocycles. The zero-order chi connectivity index (χ0) is 26.7. The molecule has 0 atom stereocenters. The van der Waals surface area contributed by atoms with Gasteiger partial charge in [-0.3, -0.25) is 19.3 Å². The molecule has 0 aliphatic carbocycles. The highest BCUT2D eigenvalue weighted by molar-refractivity contribution is 6.22. The van der Waals surface area contributed by atoms with Crippen LogP contribution in [0.15, 0.2) is 61.2 Å². The van der Waals surface area contributed by atoms with Crippen molar-refractivity contribution in [1.29, 1.82) is 0 Å². The van der Waals surface area contributed by atoms with E-state index in [1.807, 2.05) is 38.1 Å². The van der Waals surface area contributed by atoms with E-state index in [0.717, 1.165) is 34.0 Å². The maximum atomic E-state index is 12.9. The number of carbonyl (C=O) groups excluding carboxylic acids is 4. The van der Waals surface area contributed by atoms with Gasteiger partial charge < -0.3 is 14.0 Å². The van der Waals surface area contributed by atoms with Gasteiger partial charge in [0.15, 0.2) is 6.61 Å². The topological polar surface area (TPSA) is 94.9 Å². The number of ether oxygens (including phenoxy) is 2. The molecule has 0 saturated heterocycles. The van der Waals surface area contributed by atoms with Crippen molar-refractivity contribution < 1.29 is 28.7 Å². The van der Waals surface area contributed by atoms with Crippen LogP contribution < -0.4 is 4.74 Å². The van der Waals surface area contributed by atoms with Crippen LogP contribution in [0.25, 0.3) is 0 Å². The lowest BCUT2D eigenvalue weighted by atomic mass is 10.1. The molecular formula is C29H28N2O6. The molecule has 0 unspecified atom stereocenters. The van der Waals surface area contributed by atoms with Crippen LogP contribution in [0.4, 0.5) is 0 Å². The molecule has 8 heteroatoms. The van der Waals surface area contributed by atoms with Gasteiger partial charge in [0.1, 0.15) is 5.75 Å². The van der Waals surface area contributed by atoms with Gasteiger partial charge in [0.2, 0.25) is 5.78 Å². The van der Waals surface area contributed by atoms with Crippen LogP contribution in [-0.2, 0) is 17.7 Å². The zero-order valence-corrected chi connectivity index (χ0v) is 21.1. The number of ketones is 1. The molecule has 0 spiro atoms. The predicted molar refractivity (Wildman–Crippen MR) is 137 cm³/mol. The van der Waals surface area contributed by atoms with E-state index in [0.29, 0.717) is 12.1 Å². The Morgan fingerprint density at radius 1 is 0.973 bits per heavy atom. The number of carbonyl (C=O) groups is 4. The van der Waals surface area contributed by atoms with E-state index in [-0.39, 0.29) is 29.0 Å². The molecule has 1 aliphatic heterocycles. The van der Waals surface area contributed by atoms with E-state index in [9.17, 15) is 19.2 Å². The number of Topliss-reactive ketones (excluding diaryl/α,β-unsaturated/α-hetero) is 1. The quantitative estimate of drug-likeness (QED) is 0.179. The summed E-state index contributed by atoms with van der Waals surface area (Å²) >= 11 is 0. The lowest BCUT2D eigenvalue weighted by Crippen LogP contribution is -2.29. The molecule has 37 heavy (non-hydrogen) atoms. The number of methoxy groups -OCH3 is 1. The summed E-state index contributed by atoms with van der Waals surface area (Å²) in [5.74, 6) is -1.19. The van der Waals surface area contributed by atoms with Crippen molar-refractivity contribution in [2.45, 2.75) is 26.8 Å². The number of aryl methyl sites for hydroxylation is 2. The van der Waals surface area contributed by atoms with E-state index in [2.05, 4.69) is 11.1 Å². The van der Waals surface area contributed by atoms with Crippen molar-refractivity contribution in [3.8, 4) is 5.75 Å². The maximum absolute atomic E-state index is 12.9. The Morgan fingerprint density at radius 2 is 1.68 bits per heavy atom. The van der Waals surface area contributed by atoms with Crippen molar-refractivity contribution in [3.05, 3.63) is 100 Å². The van der Waals surface area contributed by atoms with Crippen molar-refractivity contribution in [1.82, 2.24) is 9.47 Å². The minimum atomic E-state index is -0.744. The first-order chi connectivity index (χ1) is 17.7. The number of imide groups is 1. The third kappa shape index (κ3) is 5.09. The highest BCUT2D eigenvalue weighted by Crippen LogP contribution is 2.24. The monoisotopic (exact) mass is 500 g/mol. The van der Waals surface area contributed by atoms with Gasteiger partial charge in [0, 0.05) is 30.0 Å². The molecule has 8 nitrogen and oxygen atoms in total. The Hall–Kier alpha value is -4.46. The molecule has 3 aromatic rings. The van der Waals surface area contributed by atoms with Crippen molar-refractivity contribution in [2.24, 2.45) is 0 Å². The van der Waals surface area contributed by atoms with Crippen LogP contribution in [-0.4, -0.2) is 53.3 Å². The third-order valence-corrected chi connectivity index (χ3v) is 6.51. The first-order valence-corrected chi connectivity index (χ1v) is 11.9. The lowest BCUT2D eigenvalue weighted by Gasteiger charge is -2.10. The van der Waals surface area contributed by atoms with Gasteiger partial charge in [-0.15, -0.1) is 6.58 Å². The predicted octanol–water partition coefficient (Wildman–Crippen LogP) is 4.18. The Morgan fingerprint density at radius 3 is 2.35 bits per heavy atom.